The predicted octanol–water partition coefficient (Wildman–Crippen LogP) is 5.05. The van der Waals surface area contributed by atoms with Gasteiger partial charge in [0.2, 0.25) is 5.95 Å². The van der Waals surface area contributed by atoms with Crippen LogP contribution in [0, 0.1) is 5.92 Å². The zero-order valence-corrected chi connectivity index (χ0v) is 22.4. The zero-order chi connectivity index (χ0) is 26.2. The Morgan fingerprint density at radius 1 is 1.11 bits per heavy atom. The van der Waals surface area contributed by atoms with Crippen molar-refractivity contribution < 1.29 is 9.53 Å². The number of nitrogens with one attached hydrogen (secondary N) is 3. The molecule has 2 heterocycles. The van der Waals surface area contributed by atoms with E-state index in [1.54, 1.807) is 19.4 Å². The smallest absolute Gasteiger partial charge is 0.253 e. The number of aromatic nitrogens is 2. The third-order valence-corrected chi connectivity index (χ3v) is 6.59. The van der Waals surface area contributed by atoms with E-state index < -0.39 is 0 Å². The molecule has 2 aromatic carbocycles. The van der Waals surface area contributed by atoms with Gasteiger partial charge in [-0.25, -0.2) is 4.98 Å². The maximum absolute atomic E-state index is 12.7. The lowest BCUT2D eigenvalue weighted by molar-refractivity contribution is 0.0950. The number of carbonyl (C=O) groups excluding carboxylic acids is 1. The van der Waals surface area contributed by atoms with Crippen molar-refractivity contribution in [1.82, 2.24) is 20.2 Å². The molecular weight excluding hydrogens is 488 g/mol. The van der Waals surface area contributed by atoms with Crippen molar-refractivity contribution in [2.45, 2.75) is 26.7 Å². The molecule has 0 saturated carbocycles. The minimum absolute atomic E-state index is 0.147. The molecule has 0 saturated heterocycles. The number of benzene rings is 2. The first kappa shape index (κ1) is 26.9. The molecule has 3 aromatic rings. The molecule has 1 aliphatic heterocycles. The van der Waals surface area contributed by atoms with E-state index in [1.807, 2.05) is 18.2 Å². The van der Waals surface area contributed by atoms with Gasteiger partial charge in [0, 0.05) is 39.0 Å². The molecule has 196 valence electrons. The average Bonchev–Trinajstić information content (AvgIpc) is 3.10. The summed E-state index contributed by atoms with van der Waals surface area (Å²) in [6, 6.07) is 13.7. The summed E-state index contributed by atoms with van der Waals surface area (Å²) in [6.07, 6.45) is 3.56. The van der Waals surface area contributed by atoms with Crippen molar-refractivity contribution in [2.24, 2.45) is 5.92 Å². The molecule has 0 radical (unpaired) electrons. The van der Waals surface area contributed by atoms with E-state index in [2.05, 4.69) is 62.9 Å². The molecule has 0 fully saturated rings. The quantitative estimate of drug-likeness (QED) is 0.343. The number of para-hydroxylation sites is 1. The lowest BCUT2D eigenvalue weighted by Gasteiger charge is -2.18. The number of fused-ring (bicyclic) bond motifs is 1. The molecular formula is C28H35ClN6O2. The second kappa shape index (κ2) is 12.9. The van der Waals surface area contributed by atoms with Crippen LogP contribution in [0.4, 0.5) is 23.1 Å². The molecule has 4 rings (SSSR count). The van der Waals surface area contributed by atoms with Crippen LogP contribution in [0.15, 0.2) is 48.7 Å². The number of amides is 1. The van der Waals surface area contributed by atoms with Gasteiger partial charge in [0.15, 0.2) is 5.82 Å². The van der Waals surface area contributed by atoms with E-state index in [9.17, 15) is 4.79 Å². The highest BCUT2D eigenvalue weighted by atomic mass is 35.5. The number of methoxy groups -OCH3 is 1. The SMILES string of the molecule is COCCN1CCc2ccc(Nc3ncc(Cl)c(Nc4ccccc4C(=O)NCC(C)C)n3)cc2CC1. The molecule has 1 aliphatic rings. The van der Waals surface area contributed by atoms with Crippen LogP contribution >= 0.6 is 11.6 Å². The highest BCUT2D eigenvalue weighted by molar-refractivity contribution is 6.33. The Hall–Kier alpha value is -3.20. The summed E-state index contributed by atoms with van der Waals surface area (Å²) < 4.78 is 5.24. The molecule has 1 amide bonds. The Labute approximate surface area is 223 Å². The van der Waals surface area contributed by atoms with Gasteiger partial charge >= 0.3 is 0 Å². The number of nitrogens with zero attached hydrogens (tertiary/aromatic N) is 3. The molecule has 9 heteroatoms. The minimum atomic E-state index is -0.147. The van der Waals surface area contributed by atoms with Crippen molar-refractivity contribution in [1.29, 1.82) is 0 Å². The summed E-state index contributed by atoms with van der Waals surface area (Å²) >= 11 is 6.42. The number of hydrogen-bond donors (Lipinski definition) is 3. The molecule has 0 unspecified atom stereocenters. The van der Waals surface area contributed by atoms with Gasteiger partial charge in [-0.15, -0.1) is 0 Å². The number of ether oxygens (including phenoxy) is 1. The first-order valence-electron chi connectivity index (χ1n) is 12.7. The van der Waals surface area contributed by atoms with E-state index in [0.717, 1.165) is 44.8 Å². The fourth-order valence-corrected chi connectivity index (χ4v) is 4.39. The number of halogens is 1. The molecule has 0 aliphatic carbocycles. The van der Waals surface area contributed by atoms with Crippen LogP contribution in [-0.4, -0.2) is 60.7 Å². The van der Waals surface area contributed by atoms with Crippen molar-refractivity contribution in [3.63, 3.8) is 0 Å². The maximum Gasteiger partial charge on any atom is 0.253 e. The predicted molar refractivity (Wildman–Crippen MR) is 149 cm³/mol. The lowest BCUT2D eigenvalue weighted by Crippen LogP contribution is -2.29. The second-order valence-corrected chi connectivity index (χ2v) is 10.0. The van der Waals surface area contributed by atoms with Crippen LogP contribution < -0.4 is 16.0 Å². The van der Waals surface area contributed by atoms with Crippen molar-refractivity contribution in [2.75, 3.05) is 50.5 Å². The summed E-state index contributed by atoms with van der Waals surface area (Å²) in [5.41, 5.74) is 4.78. The van der Waals surface area contributed by atoms with Gasteiger partial charge in [-0.1, -0.05) is 43.6 Å². The summed E-state index contributed by atoms with van der Waals surface area (Å²) in [4.78, 5) is 24.1. The zero-order valence-electron chi connectivity index (χ0n) is 21.7. The third kappa shape index (κ3) is 7.41. The van der Waals surface area contributed by atoms with E-state index in [4.69, 9.17) is 16.3 Å². The number of rotatable bonds is 10. The molecule has 0 atom stereocenters. The molecule has 37 heavy (non-hydrogen) atoms. The molecule has 0 bridgehead atoms. The molecule has 3 N–H and O–H groups in total. The van der Waals surface area contributed by atoms with Gasteiger partial charge in [-0.2, -0.15) is 4.98 Å². The van der Waals surface area contributed by atoms with Gasteiger partial charge in [0.25, 0.3) is 5.91 Å². The van der Waals surface area contributed by atoms with E-state index >= 15 is 0 Å². The van der Waals surface area contributed by atoms with E-state index in [-0.39, 0.29) is 5.91 Å². The first-order valence-corrected chi connectivity index (χ1v) is 13.1. The van der Waals surface area contributed by atoms with Crippen LogP contribution in [0.5, 0.6) is 0 Å². The summed E-state index contributed by atoms with van der Waals surface area (Å²) in [5, 5.41) is 9.85. The van der Waals surface area contributed by atoms with Crippen LogP contribution in [0.2, 0.25) is 5.02 Å². The number of anilines is 4. The Morgan fingerprint density at radius 2 is 1.89 bits per heavy atom. The van der Waals surface area contributed by atoms with Crippen LogP contribution in [0.1, 0.15) is 35.3 Å². The number of carbonyl (C=O) groups is 1. The van der Waals surface area contributed by atoms with E-state index in [1.165, 1.54) is 11.1 Å². The Balaban J connectivity index is 1.48. The van der Waals surface area contributed by atoms with Crippen LogP contribution in [0.3, 0.4) is 0 Å². The second-order valence-electron chi connectivity index (χ2n) is 9.61. The maximum atomic E-state index is 12.7. The van der Waals surface area contributed by atoms with Crippen molar-refractivity contribution in [3.8, 4) is 0 Å². The fraction of sp³-hybridized carbons (Fsp3) is 0.393. The third-order valence-electron chi connectivity index (χ3n) is 6.31. The van der Waals surface area contributed by atoms with Crippen LogP contribution in [-0.2, 0) is 17.6 Å². The average molecular weight is 523 g/mol. The summed E-state index contributed by atoms with van der Waals surface area (Å²) in [6.45, 7) is 8.46. The van der Waals surface area contributed by atoms with E-state index in [0.29, 0.717) is 40.5 Å². The fourth-order valence-electron chi connectivity index (χ4n) is 4.25. The summed E-state index contributed by atoms with van der Waals surface area (Å²) in [5.74, 6) is 1.05. The first-order chi connectivity index (χ1) is 17.9. The van der Waals surface area contributed by atoms with Crippen molar-refractivity contribution in [3.05, 3.63) is 70.4 Å². The summed E-state index contributed by atoms with van der Waals surface area (Å²) in [7, 11) is 1.74. The van der Waals surface area contributed by atoms with Crippen molar-refractivity contribution >= 4 is 40.6 Å². The Morgan fingerprint density at radius 3 is 2.68 bits per heavy atom. The highest BCUT2D eigenvalue weighted by Gasteiger charge is 2.16. The molecule has 8 nitrogen and oxygen atoms in total. The standard InChI is InChI=1S/C28H35ClN6O2/c1-19(2)17-30-27(36)23-6-4-5-7-25(23)33-26-24(29)18-31-28(34-26)32-22-9-8-20-10-12-35(14-15-37-3)13-11-21(20)16-22/h4-9,16,18-19H,10-15,17H2,1-3H3,(H,30,36)(H2,31,32,33,34). The Bertz CT molecular complexity index is 1220. The van der Waals surface area contributed by atoms with Crippen LogP contribution in [0.25, 0.3) is 0 Å². The van der Waals surface area contributed by atoms with Gasteiger partial charge in [-0.3, -0.25) is 4.79 Å². The lowest BCUT2D eigenvalue weighted by atomic mass is 10.0. The Kier molecular flexibility index (Phi) is 9.33. The van der Waals surface area contributed by atoms with Gasteiger partial charge in [0.1, 0.15) is 5.02 Å². The minimum Gasteiger partial charge on any atom is -0.383 e. The van der Waals surface area contributed by atoms with Gasteiger partial charge in [-0.05, 0) is 54.2 Å². The monoisotopic (exact) mass is 522 g/mol. The highest BCUT2D eigenvalue weighted by Crippen LogP contribution is 2.28. The van der Waals surface area contributed by atoms with Gasteiger partial charge < -0.3 is 25.6 Å². The largest absolute Gasteiger partial charge is 0.383 e. The normalized spacial score (nSPS) is 13.6. The number of hydrogen-bond acceptors (Lipinski definition) is 7. The topological polar surface area (TPSA) is 91.4 Å². The molecule has 0 spiro atoms. The van der Waals surface area contributed by atoms with Gasteiger partial charge in [0.05, 0.1) is 24.1 Å². The molecule has 1 aromatic heterocycles.